The van der Waals surface area contributed by atoms with Crippen LogP contribution in [0.25, 0.3) is 21.8 Å². The number of likely N-dealkylation sites (tertiary alicyclic amines) is 1. The lowest BCUT2D eigenvalue weighted by Crippen LogP contribution is -2.40. The summed E-state index contributed by atoms with van der Waals surface area (Å²) in [5, 5.41) is 4.85. The number of ether oxygens (including phenoxy) is 2. The molecule has 36 heavy (non-hydrogen) atoms. The van der Waals surface area contributed by atoms with Gasteiger partial charge in [-0.15, -0.1) is 11.3 Å². The summed E-state index contributed by atoms with van der Waals surface area (Å²) in [6.07, 6.45) is 7.64. The number of rotatable bonds is 9. The van der Waals surface area contributed by atoms with E-state index in [0.29, 0.717) is 42.2 Å². The number of anilines is 1. The van der Waals surface area contributed by atoms with Crippen molar-refractivity contribution in [2.45, 2.75) is 45.1 Å². The number of piperidine rings is 1. The molecule has 0 aliphatic carbocycles. The Kier molecular flexibility index (Phi) is 8.66. The largest absolute Gasteiger partial charge is 0.496 e. The summed E-state index contributed by atoms with van der Waals surface area (Å²) in [4.78, 5) is 37.1. The van der Waals surface area contributed by atoms with Crippen LogP contribution in [-0.2, 0) is 9.53 Å². The molecule has 0 radical (unpaired) electrons. The second-order valence-electron chi connectivity index (χ2n) is 8.78. The van der Waals surface area contributed by atoms with Crippen LogP contribution in [0.1, 0.15) is 49.4 Å². The maximum atomic E-state index is 13.1. The van der Waals surface area contributed by atoms with E-state index in [1.54, 1.807) is 32.7 Å². The second kappa shape index (κ2) is 12.1. The van der Waals surface area contributed by atoms with Gasteiger partial charge in [-0.2, -0.15) is 0 Å². The molecule has 0 spiro atoms. The molecular formula is C27H32N4O4S. The molecule has 3 heterocycles. The minimum atomic E-state index is -0.0418. The summed E-state index contributed by atoms with van der Waals surface area (Å²) in [5.41, 5.74) is 3.49. The van der Waals surface area contributed by atoms with Crippen LogP contribution >= 0.6 is 11.3 Å². The van der Waals surface area contributed by atoms with Gasteiger partial charge < -0.3 is 19.7 Å². The van der Waals surface area contributed by atoms with Gasteiger partial charge in [0.15, 0.2) is 0 Å². The van der Waals surface area contributed by atoms with Crippen molar-refractivity contribution in [3.05, 3.63) is 47.6 Å². The summed E-state index contributed by atoms with van der Waals surface area (Å²) in [7, 11) is 3.28. The van der Waals surface area contributed by atoms with Crippen molar-refractivity contribution in [2.24, 2.45) is 0 Å². The number of unbranched alkanes of at least 4 members (excludes halogenated alkanes) is 1. The van der Waals surface area contributed by atoms with E-state index < -0.39 is 0 Å². The van der Waals surface area contributed by atoms with Crippen molar-refractivity contribution in [1.82, 2.24) is 14.9 Å². The van der Waals surface area contributed by atoms with E-state index in [2.05, 4.69) is 17.2 Å². The highest BCUT2D eigenvalue weighted by atomic mass is 32.1. The lowest BCUT2D eigenvalue weighted by Gasteiger charge is -2.31. The topological polar surface area (TPSA) is 93.7 Å². The minimum absolute atomic E-state index is 0.0193. The Balaban J connectivity index is 1.51. The van der Waals surface area contributed by atoms with E-state index in [1.165, 1.54) is 11.3 Å². The molecule has 3 aromatic rings. The van der Waals surface area contributed by atoms with Crippen LogP contribution in [0.5, 0.6) is 5.75 Å². The fourth-order valence-electron chi connectivity index (χ4n) is 4.21. The Hall–Kier alpha value is -3.30. The van der Waals surface area contributed by atoms with Crippen LogP contribution < -0.4 is 10.1 Å². The van der Waals surface area contributed by atoms with Crippen LogP contribution in [0.15, 0.2) is 42.0 Å². The van der Waals surface area contributed by atoms with Gasteiger partial charge in [-0.1, -0.05) is 19.4 Å². The number of nitrogens with one attached hydrogen (secondary N) is 1. The number of aromatic nitrogens is 2. The molecule has 4 rings (SSSR count). The summed E-state index contributed by atoms with van der Waals surface area (Å²) in [5.74, 6) is 0.484. The third kappa shape index (κ3) is 6.09. The molecule has 1 aliphatic heterocycles. The number of hydrogen-bond acceptors (Lipinski definition) is 7. The Morgan fingerprint density at radius 2 is 1.92 bits per heavy atom. The van der Waals surface area contributed by atoms with Gasteiger partial charge in [0.1, 0.15) is 5.75 Å². The molecular weight excluding hydrogens is 476 g/mol. The van der Waals surface area contributed by atoms with Gasteiger partial charge in [-0.25, -0.2) is 4.98 Å². The van der Waals surface area contributed by atoms with Gasteiger partial charge >= 0.3 is 0 Å². The van der Waals surface area contributed by atoms with Crippen LogP contribution in [0.4, 0.5) is 5.69 Å². The molecule has 0 bridgehead atoms. The second-order valence-corrected chi connectivity index (χ2v) is 9.69. The highest BCUT2D eigenvalue weighted by Crippen LogP contribution is 2.32. The van der Waals surface area contributed by atoms with E-state index in [9.17, 15) is 9.59 Å². The van der Waals surface area contributed by atoms with Gasteiger partial charge in [-0.3, -0.25) is 14.6 Å². The zero-order valence-electron chi connectivity index (χ0n) is 21.0. The smallest absolute Gasteiger partial charge is 0.257 e. The molecule has 1 aliphatic rings. The Morgan fingerprint density at radius 3 is 2.64 bits per heavy atom. The Morgan fingerprint density at radius 1 is 1.14 bits per heavy atom. The zero-order valence-corrected chi connectivity index (χ0v) is 21.8. The molecule has 1 N–H and O–H groups in total. The fraction of sp³-hybridized carbons (Fsp3) is 0.407. The molecule has 0 unspecified atom stereocenters. The summed E-state index contributed by atoms with van der Waals surface area (Å²) >= 11 is 1.50. The molecule has 9 heteroatoms. The lowest BCUT2D eigenvalue weighted by atomic mass is 10.0. The fourth-order valence-corrected chi connectivity index (χ4v) is 5.01. The van der Waals surface area contributed by atoms with Gasteiger partial charge in [0.05, 0.1) is 53.1 Å². The van der Waals surface area contributed by atoms with Crippen LogP contribution in [0.3, 0.4) is 0 Å². The standard InChI is InChI=1S/C27H32N4O4S/c1-4-5-6-26(32)29-19-14-25(36-17-19)23-16-28-15-22(30-23)18-7-8-21(24(13-18)35-3)27(33)31-11-9-20(34-2)10-12-31/h7-8,13-17,20H,4-6,9-12H2,1-3H3,(H,29,32). The first-order valence-corrected chi connectivity index (χ1v) is 13.1. The average molecular weight is 509 g/mol. The van der Waals surface area contributed by atoms with Crippen LogP contribution in [0.2, 0.25) is 0 Å². The molecule has 1 fully saturated rings. The number of thiophene rings is 1. The summed E-state index contributed by atoms with van der Waals surface area (Å²) < 4.78 is 11.0. The van der Waals surface area contributed by atoms with Crippen molar-refractivity contribution < 1.29 is 19.1 Å². The average Bonchev–Trinajstić information content (AvgIpc) is 3.39. The highest BCUT2D eigenvalue weighted by molar-refractivity contribution is 7.14. The minimum Gasteiger partial charge on any atom is -0.496 e. The monoisotopic (exact) mass is 508 g/mol. The third-order valence-electron chi connectivity index (χ3n) is 6.32. The molecule has 0 saturated carbocycles. The number of hydrogen-bond donors (Lipinski definition) is 1. The number of amides is 2. The Bertz CT molecular complexity index is 1200. The molecule has 2 aromatic heterocycles. The summed E-state index contributed by atoms with van der Waals surface area (Å²) in [6, 6.07) is 7.41. The van der Waals surface area contributed by atoms with Crippen molar-refractivity contribution >= 4 is 28.8 Å². The molecule has 1 aromatic carbocycles. The number of carbonyl (C=O) groups is 2. The molecule has 1 saturated heterocycles. The van der Waals surface area contributed by atoms with Crippen LogP contribution in [-0.4, -0.2) is 60.1 Å². The SMILES string of the molecule is CCCCC(=O)Nc1csc(-c2cncc(-c3ccc(C(=O)N4CCC(OC)CC4)c(OC)c3)n2)c1. The maximum absolute atomic E-state index is 13.1. The van der Waals surface area contributed by atoms with E-state index in [4.69, 9.17) is 14.5 Å². The lowest BCUT2D eigenvalue weighted by molar-refractivity contribution is -0.116. The van der Waals surface area contributed by atoms with Crippen molar-refractivity contribution in [2.75, 3.05) is 32.6 Å². The molecule has 2 amide bonds. The number of carbonyl (C=O) groups excluding carboxylic acids is 2. The first kappa shape index (κ1) is 25.8. The Labute approximate surface area is 215 Å². The van der Waals surface area contributed by atoms with Gasteiger partial charge in [0.2, 0.25) is 5.91 Å². The van der Waals surface area contributed by atoms with Gasteiger partial charge in [0, 0.05) is 37.6 Å². The van der Waals surface area contributed by atoms with E-state index >= 15 is 0 Å². The number of methoxy groups -OCH3 is 2. The molecule has 190 valence electrons. The normalized spacial score (nSPS) is 14.0. The maximum Gasteiger partial charge on any atom is 0.257 e. The quantitative estimate of drug-likeness (QED) is 0.424. The molecule has 8 nitrogen and oxygen atoms in total. The third-order valence-corrected chi connectivity index (χ3v) is 7.27. The first-order chi connectivity index (χ1) is 17.5. The first-order valence-electron chi connectivity index (χ1n) is 12.2. The predicted molar refractivity (Wildman–Crippen MR) is 141 cm³/mol. The van der Waals surface area contributed by atoms with Gasteiger partial charge in [-0.05, 0) is 37.5 Å². The van der Waals surface area contributed by atoms with Crippen LogP contribution in [0, 0.1) is 0 Å². The van der Waals surface area contributed by atoms with Crippen molar-refractivity contribution in [1.29, 1.82) is 0 Å². The van der Waals surface area contributed by atoms with E-state index in [0.717, 1.165) is 41.8 Å². The number of benzene rings is 1. The van der Waals surface area contributed by atoms with E-state index in [1.807, 2.05) is 28.5 Å². The predicted octanol–water partition coefficient (Wildman–Crippen LogP) is 5.26. The van der Waals surface area contributed by atoms with E-state index in [-0.39, 0.29) is 17.9 Å². The summed E-state index contributed by atoms with van der Waals surface area (Å²) in [6.45, 7) is 3.39. The number of nitrogens with zero attached hydrogens (tertiary/aromatic N) is 3. The molecule has 0 atom stereocenters. The zero-order chi connectivity index (χ0) is 25.5. The van der Waals surface area contributed by atoms with Gasteiger partial charge in [0.25, 0.3) is 5.91 Å². The highest BCUT2D eigenvalue weighted by Gasteiger charge is 2.25. The van der Waals surface area contributed by atoms with Crippen molar-refractivity contribution in [3.63, 3.8) is 0 Å². The van der Waals surface area contributed by atoms with Crippen molar-refractivity contribution in [3.8, 4) is 27.6 Å².